The Kier molecular flexibility index (Phi) is 3.81. The minimum atomic E-state index is -0.132. The Labute approximate surface area is 157 Å². The van der Waals surface area contributed by atoms with Crippen molar-refractivity contribution >= 4 is 28.3 Å². The predicted molar refractivity (Wildman–Crippen MR) is 103 cm³/mol. The number of rotatable bonds is 3. The Morgan fingerprint density at radius 1 is 0.926 bits per heavy atom. The van der Waals surface area contributed by atoms with Crippen LogP contribution in [-0.2, 0) is 16.1 Å². The van der Waals surface area contributed by atoms with Gasteiger partial charge in [0.25, 0.3) is 0 Å². The summed E-state index contributed by atoms with van der Waals surface area (Å²) in [6, 6.07) is 14.5. The lowest BCUT2D eigenvalue weighted by atomic mass is 9.81. The molecule has 2 amide bonds. The van der Waals surface area contributed by atoms with Crippen LogP contribution in [0.2, 0.25) is 0 Å². The summed E-state index contributed by atoms with van der Waals surface area (Å²) in [5.41, 5.74) is 1.76. The Morgan fingerprint density at radius 3 is 2.41 bits per heavy atom. The van der Waals surface area contributed by atoms with Gasteiger partial charge in [-0.25, -0.2) is 4.90 Å². The number of anilines is 1. The Bertz CT molecular complexity index is 1010. The highest BCUT2D eigenvalue weighted by Gasteiger charge is 2.49. The zero-order valence-electron chi connectivity index (χ0n) is 15.0. The Balaban J connectivity index is 1.43. The molecule has 2 fully saturated rings. The first-order chi connectivity index (χ1) is 13.2. The number of imide groups is 1. The zero-order chi connectivity index (χ0) is 18.4. The number of benzene rings is 2. The molecule has 5 heteroatoms. The fourth-order valence-corrected chi connectivity index (χ4v) is 4.58. The second-order valence-electron chi connectivity index (χ2n) is 7.54. The molecule has 0 radical (unpaired) electrons. The van der Waals surface area contributed by atoms with Gasteiger partial charge in [0.15, 0.2) is 0 Å². The van der Waals surface area contributed by atoms with Gasteiger partial charge in [-0.3, -0.25) is 14.3 Å². The van der Waals surface area contributed by atoms with Gasteiger partial charge in [-0.2, -0.15) is 5.10 Å². The molecular formula is C22H21N3O2. The van der Waals surface area contributed by atoms with Crippen molar-refractivity contribution in [2.75, 3.05) is 4.90 Å². The molecular weight excluding hydrogens is 338 g/mol. The molecule has 1 aliphatic carbocycles. The van der Waals surface area contributed by atoms with E-state index in [9.17, 15) is 9.59 Å². The molecule has 5 rings (SSSR count). The van der Waals surface area contributed by atoms with Crippen molar-refractivity contribution in [3.8, 4) is 0 Å². The average Bonchev–Trinajstić information content (AvgIpc) is 3.25. The van der Waals surface area contributed by atoms with Gasteiger partial charge in [0.05, 0.1) is 30.3 Å². The number of hydrogen-bond acceptors (Lipinski definition) is 3. The second-order valence-corrected chi connectivity index (χ2v) is 7.54. The number of carbonyl (C=O) groups excluding carboxylic acids is 2. The topological polar surface area (TPSA) is 55.2 Å². The van der Waals surface area contributed by atoms with Gasteiger partial charge >= 0.3 is 0 Å². The second kappa shape index (κ2) is 6.34. The van der Waals surface area contributed by atoms with Crippen molar-refractivity contribution < 1.29 is 9.59 Å². The van der Waals surface area contributed by atoms with Gasteiger partial charge in [0.2, 0.25) is 11.8 Å². The SMILES string of the molecule is O=C1[C@H]2CCCC[C@@H]2C(=O)N1c1cnn(Cc2cccc3ccccc23)c1. The van der Waals surface area contributed by atoms with Crippen LogP contribution >= 0.6 is 0 Å². The molecule has 1 aromatic heterocycles. The van der Waals surface area contributed by atoms with Gasteiger partial charge in [-0.05, 0) is 29.2 Å². The molecule has 3 aromatic rings. The first-order valence-electron chi connectivity index (χ1n) is 9.59. The molecule has 0 N–H and O–H groups in total. The summed E-state index contributed by atoms with van der Waals surface area (Å²) in [7, 11) is 0. The predicted octanol–water partition coefficient (Wildman–Crippen LogP) is 3.76. The molecule has 27 heavy (non-hydrogen) atoms. The lowest BCUT2D eigenvalue weighted by molar-refractivity contribution is -0.122. The molecule has 2 aromatic carbocycles. The fourth-order valence-electron chi connectivity index (χ4n) is 4.58. The summed E-state index contributed by atoms with van der Waals surface area (Å²) < 4.78 is 1.81. The molecule has 2 atom stereocenters. The molecule has 5 nitrogen and oxygen atoms in total. The van der Waals surface area contributed by atoms with Crippen LogP contribution in [0.3, 0.4) is 0 Å². The molecule has 1 aliphatic heterocycles. The number of hydrogen-bond donors (Lipinski definition) is 0. The van der Waals surface area contributed by atoms with E-state index in [0.717, 1.165) is 31.2 Å². The van der Waals surface area contributed by atoms with E-state index in [1.54, 1.807) is 10.9 Å². The Morgan fingerprint density at radius 2 is 1.63 bits per heavy atom. The number of amides is 2. The van der Waals surface area contributed by atoms with Crippen LogP contribution in [0.1, 0.15) is 31.2 Å². The van der Waals surface area contributed by atoms with Gasteiger partial charge < -0.3 is 0 Å². The van der Waals surface area contributed by atoms with E-state index in [4.69, 9.17) is 0 Å². The first-order valence-corrected chi connectivity index (χ1v) is 9.59. The van der Waals surface area contributed by atoms with Crippen molar-refractivity contribution in [2.45, 2.75) is 32.2 Å². The molecule has 2 aliphatic rings. The van der Waals surface area contributed by atoms with E-state index in [1.165, 1.54) is 15.7 Å². The molecule has 136 valence electrons. The van der Waals surface area contributed by atoms with Crippen molar-refractivity contribution in [1.82, 2.24) is 9.78 Å². The normalized spacial score (nSPS) is 22.4. The van der Waals surface area contributed by atoms with Crippen molar-refractivity contribution in [2.24, 2.45) is 11.8 Å². The monoisotopic (exact) mass is 359 g/mol. The van der Waals surface area contributed by atoms with Gasteiger partial charge in [0.1, 0.15) is 0 Å². The van der Waals surface area contributed by atoms with E-state index in [-0.39, 0.29) is 23.7 Å². The number of fused-ring (bicyclic) bond motifs is 2. The highest BCUT2D eigenvalue weighted by Crippen LogP contribution is 2.39. The summed E-state index contributed by atoms with van der Waals surface area (Å²) in [4.78, 5) is 26.9. The highest BCUT2D eigenvalue weighted by molar-refractivity contribution is 6.22. The summed E-state index contributed by atoms with van der Waals surface area (Å²) in [5.74, 6) is -0.357. The van der Waals surface area contributed by atoms with E-state index in [2.05, 4.69) is 29.4 Å². The largest absolute Gasteiger partial charge is 0.274 e. The van der Waals surface area contributed by atoms with Crippen molar-refractivity contribution in [3.05, 3.63) is 60.4 Å². The summed E-state index contributed by atoms with van der Waals surface area (Å²) in [5, 5.41) is 6.80. The van der Waals surface area contributed by atoms with Crippen LogP contribution in [0, 0.1) is 11.8 Å². The summed E-state index contributed by atoms with van der Waals surface area (Å²) in [6.45, 7) is 0.602. The number of nitrogens with zero attached hydrogens (tertiary/aromatic N) is 3. The molecule has 0 bridgehead atoms. The van der Waals surface area contributed by atoms with Gasteiger partial charge in [-0.15, -0.1) is 0 Å². The maximum Gasteiger partial charge on any atom is 0.237 e. The third kappa shape index (κ3) is 2.65. The van der Waals surface area contributed by atoms with E-state index < -0.39 is 0 Å². The summed E-state index contributed by atoms with van der Waals surface area (Å²) >= 11 is 0. The van der Waals surface area contributed by atoms with Gasteiger partial charge in [0, 0.05) is 6.20 Å². The highest BCUT2D eigenvalue weighted by atomic mass is 16.2. The van der Waals surface area contributed by atoms with Crippen LogP contribution in [0.15, 0.2) is 54.9 Å². The standard InChI is InChI=1S/C22H21N3O2/c26-21-19-10-3-4-11-20(19)22(27)25(21)17-12-23-24(14-17)13-16-8-5-7-15-6-1-2-9-18(15)16/h1-2,5-9,12,14,19-20H,3-4,10-11,13H2/t19-,20-/m0/s1. The van der Waals surface area contributed by atoms with Crippen molar-refractivity contribution in [3.63, 3.8) is 0 Å². The summed E-state index contributed by atoms with van der Waals surface area (Å²) in [6.07, 6.45) is 7.18. The molecule has 1 saturated heterocycles. The van der Waals surface area contributed by atoms with Crippen LogP contribution in [0.25, 0.3) is 10.8 Å². The van der Waals surface area contributed by atoms with E-state index >= 15 is 0 Å². The minimum Gasteiger partial charge on any atom is -0.274 e. The Hall–Kier alpha value is -2.95. The lowest BCUT2D eigenvalue weighted by Crippen LogP contribution is -2.30. The number of aromatic nitrogens is 2. The smallest absolute Gasteiger partial charge is 0.237 e. The fraction of sp³-hybridized carbons (Fsp3) is 0.318. The maximum absolute atomic E-state index is 12.8. The van der Waals surface area contributed by atoms with Gasteiger partial charge in [-0.1, -0.05) is 55.3 Å². The van der Waals surface area contributed by atoms with Crippen LogP contribution in [0.5, 0.6) is 0 Å². The van der Waals surface area contributed by atoms with Crippen molar-refractivity contribution in [1.29, 1.82) is 0 Å². The van der Waals surface area contributed by atoms with Crippen LogP contribution < -0.4 is 4.90 Å². The molecule has 0 unspecified atom stereocenters. The maximum atomic E-state index is 12.8. The van der Waals surface area contributed by atoms with E-state index in [0.29, 0.717) is 12.2 Å². The molecule has 1 saturated carbocycles. The molecule has 0 spiro atoms. The quantitative estimate of drug-likeness (QED) is 0.669. The number of carbonyl (C=O) groups is 2. The zero-order valence-corrected chi connectivity index (χ0v) is 15.0. The van der Waals surface area contributed by atoms with E-state index in [1.807, 2.05) is 24.4 Å². The third-order valence-corrected chi connectivity index (χ3v) is 5.93. The van der Waals surface area contributed by atoms with Crippen LogP contribution in [0.4, 0.5) is 5.69 Å². The first kappa shape index (κ1) is 16.2. The van der Waals surface area contributed by atoms with Crippen LogP contribution in [-0.4, -0.2) is 21.6 Å². The minimum absolute atomic E-state index is 0.0468. The average molecular weight is 359 g/mol. The molecule has 2 heterocycles. The third-order valence-electron chi connectivity index (χ3n) is 5.93. The lowest BCUT2D eigenvalue weighted by Gasteiger charge is -2.19.